The Balaban J connectivity index is 1.45. The summed E-state index contributed by atoms with van der Waals surface area (Å²) in [6.07, 6.45) is -1.42. The van der Waals surface area contributed by atoms with Crippen molar-refractivity contribution < 1.29 is 27.0 Å². The smallest absolute Gasteiger partial charge is 0.331 e. The second-order valence-corrected chi connectivity index (χ2v) is 13.6. The first-order valence-electron chi connectivity index (χ1n) is 13.4. The van der Waals surface area contributed by atoms with Crippen molar-refractivity contribution in [2.24, 2.45) is 4.36 Å². The standard InChI is InChI=1S/C29H28ClF3N6O3S/c1-16-11-25-22(14-37(16)27(40)20-7-10-24(30)23(12-20)29(31,32)33)26-28(41)38(13-17(2)39(26)36-25)18(3)19-5-8-21(9-6-19)43(4,42)35-15-34/h5-10,12,16-18H,11,13-14H2,1-4H3/t16-,17-,18-,43?/m1/s1. The first kappa shape index (κ1) is 30.6. The van der Waals surface area contributed by atoms with Crippen LogP contribution in [0.3, 0.4) is 0 Å². The summed E-state index contributed by atoms with van der Waals surface area (Å²) in [5.41, 5.74) is 1.15. The zero-order chi connectivity index (χ0) is 31.4. The highest BCUT2D eigenvalue weighted by atomic mass is 35.5. The van der Waals surface area contributed by atoms with Crippen molar-refractivity contribution in [1.82, 2.24) is 19.6 Å². The minimum Gasteiger partial charge on any atom is -0.331 e. The van der Waals surface area contributed by atoms with E-state index in [0.717, 1.165) is 17.7 Å². The van der Waals surface area contributed by atoms with Crippen molar-refractivity contribution in [3.63, 3.8) is 0 Å². The minimum absolute atomic E-state index is 0.0112. The van der Waals surface area contributed by atoms with Crippen LogP contribution < -0.4 is 0 Å². The highest BCUT2D eigenvalue weighted by molar-refractivity contribution is 7.93. The van der Waals surface area contributed by atoms with E-state index in [4.69, 9.17) is 22.0 Å². The third-order valence-electron chi connectivity index (χ3n) is 8.04. The molecule has 9 nitrogen and oxygen atoms in total. The molecule has 3 heterocycles. The molecule has 3 aromatic rings. The molecule has 1 unspecified atom stereocenters. The van der Waals surface area contributed by atoms with Gasteiger partial charge in [-0.05, 0) is 56.7 Å². The number of hydrogen-bond donors (Lipinski definition) is 0. The van der Waals surface area contributed by atoms with E-state index in [1.165, 1.54) is 17.2 Å². The van der Waals surface area contributed by atoms with Gasteiger partial charge in [0.2, 0.25) is 6.19 Å². The summed E-state index contributed by atoms with van der Waals surface area (Å²) in [5.74, 6) is -0.882. The van der Waals surface area contributed by atoms with Crippen LogP contribution in [0.25, 0.3) is 0 Å². The number of nitrogens with zero attached hydrogens (tertiary/aromatic N) is 6. The number of aromatic nitrogens is 2. The maximum absolute atomic E-state index is 14.0. The topological polar surface area (TPSA) is 112 Å². The number of alkyl halides is 3. The second-order valence-electron chi connectivity index (χ2n) is 10.9. The first-order valence-corrected chi connectivity index (χ1v) is 15.7. The molecule has 4 atom stereocenters. The van der Waals surface area contributed by atoms with E-state index in [-0.39, 0.29) is 36.1 Å². The zero-order valence-corrected chi connectivity index (χ0v) is 25.3. The molecule has 0 spiro atoms. The van der Waals surface area contributed by atoms with Crippen molar-refractivity contribution >= 4 is 33.1 Å². The van der Waals surface area contributed by atoms with E-state index in [1.54, 1.807) is 47.0 Å². The lowest BCUT2D eigenvalue weighted by atomic mass is 9.96. The van der Waals surface area contributed by atoms with Crippen LogP contribution in [0.2, 0.25) is 5.02 Å². The van der Waals surface area contributed by atoms with E-state index in [2.05, 4.69) is 4.36 Å². The van der Waals surface area contributed by atoms with Gasteiger partial charge >= 0.3 is 6.18 Å². The van der Waals surface area contributed by atoms with E-state index in [1.807, 2.05) is 13.8 Å². The molecule has 0 fully saturated rings. The molecule has 14 heteroatoms. The third kappa shape index (κ3) is 5.49. The van der Waals surface area contributed by atoms with Gasteiger partial charge in [0.05, 0.1) is 44.6 Å². The molecule has 0 saturated carbocycles. The van der Waals surface area contributed by atoms with E-state index in [9.17, 15) is 27.0 Å². The van der Waals surface area contributed by atoms with Crippen LogP contribution in [0, 0.1) is 11.5 Å². The predicted molar refractivity (Wildman–Crippen MR) is 153 cm³/mol. The molecule has 0 radical (unpaired) electrons. The lowest BCUT2D eigenvalue weighted by Gasteiger charge is -2.37. The van der Waals surface area contributed by atoms with Crippen LogP contribution in [0.15, 0.2) is 51.7 Å². The average molecular weight is 633 g/mol. The summed E-state index contributed by atoms with van der Waals surface area (Å²) in [6, 6.07) is 8.91. The number of halogens is 4. The molecule has 2 aliphatic rings. The van der Waals surface area contributed by atoms with Gasteiger partial charge in [0.25, 0.3) is 11.8 Å². The van der Waals surface area contributed by atoms with Crippen molar-refractivity contribution in [2.75, 3.05) is 12.8 Å². The molecule has 1 aromatic heterocycles. The van der Waals surface area contributed by atoms with Crippen LogP contribution >= 0.6 is 11.6 Å². The summed E-state index contributed by atoms with van der Waals surface area (Å²) in [5, 5.41) is 13.1. The molecular formula is C29H28ClF3N6O3S. The number of carbonyl (C=O) groups excluding carboxylic acids is 2. The summed E-state index contributed by atoms with van der Waals surface area (Å²) in [6.45, 7) is 5.98. The number of hydrogen-bond acceptors (Lipinski definition) is 6. The van der Waals surface area contributed by atoms with Crippen LogP contribution in [0.5, 0.6) is 0 Å². The number of nitriles is 1. The average Bonchev–Trinajstić information content (AvgIpc) is 3.32. The summed E-state index contributed by atoms with van der Waals surface area (Å²) >= 11 is 5.76. The molecule has 0 N–H and O–H groups in total. The minimum atomic E-state index is -4.72. The highest BCUT2D eigenvalue weighted by Gasteiger charge is 2.41. The van der Waals surface area contributed by atoms with Crippen molar-refractivity contribution in [3.05, 3.63) is 81.1 Å². The molecule has 5 rings (SSSR count). The van der Waals surface area contributed by atoms with Gasteiger partial charge in [0, 0.05) is 41.3 Å². The Bertz CT molecular complexity index is 1790. The Kier molecular flexibility index (Phi) is 7.81. The van der Waals surface area contributed by atoms with Crippen LogP contribution in [0.1, 0.15) is 76.1 Å². The van der Waals surface area contributed by atoms with Gasteiger partial charge in [0.15, 0.2) is 0 Å². The van der Waals surface area contributed by atoms with Gasteiger partial charge in [-0.15, -0.1) is 4.36 Å². The SMILES string of the molecule is C[C@@H]1Cc2nn3c(c2CN1C(=O)c1ccc(Cl)c(C(F)(F)F)c1)C(=O)N([C@H](C)c1ccc(S(C)(=O)=NC#N)cc1)C[C@H]3C. The van der Waals surface area contributed by atoms with Gasteiger partial charge in [-0.25, -0.2) is 4.21 Å². The highest BCUT2D eigenvalue weighted by Crippen LogP contribution is 2.38. The Morgan fingerprint density at radius 2 is 1.86 bits per heavy atom. The fraction of sp³-hybridized carbons (Fsp3) is 0.379. The Labute approximate surface area is 252 Å². The van der Waals surface area contributed by atoms with Crippen LogP contribution in [0.4, 0.5) is 13.2 Å². The summed E-state index contributed by atoms with van der Waals surface area (Å²) in [7, 11) is -2.86. The fourth-order valence-corrected chi connectivity index (χ4v) is 6.77. The molecule has 43 heavy (non-hydrogen) atoms. The summed E-state index contributed by atoms with van der Waals surface area (Å²) < 4.78 is 58.2. The summed E-state index contributed by atoms with van der Waals surface area (Å²) in [4.78, 5) is 31.0. The van der Waals surface area contributed by atoms with Crippen LogP contribution in [-0.2, 0) is 28.9 Å². The van der Waals surface area contributed by atoms with Gasteiger partial charge in [-0.1, -0.05) is 23.7 Å². The van der Waals surface area contributed by atoms with Gasteiger partial charge in [-0.3, -0.25) is 14.3 Å². The van der Waals surface area contributed by atoms with Crippen LogP contribution in [-0.4, -0.2) is 54.4 Å². The normalized spacial score (nSPS) is 20.5. The Morgan fingerprint density at radius 1 is 1.19 bits per heavy atom. The molecule has 0 aliphatic carbocycles. The number of carbonyl (C=O) groups is 2. The number of fused-ring (bicyclic) bond motifs is 3. The Morgan fingerprint density at radius 3 is 2.49 bits per heavy atom. The van der Waals surface area contributed by atoms with Gasteiger partial charge < -0.3 is 9.80 Å². The van der Waals surface area contributed by atoms with Gasteiger partial charge in [-0.2, -0.15) is 23.5 Å². The van der Waals surface area contributed by atoms with Gasteiger partial charge in [0.1, 0.15) is 5.69 Å². The molecule has 0 saturated heterocycles. The molecule has 2 aromatic carbocycles. The molecule has 2 amide bonds. The molecule has 2 aliphatic heterocycles. The molecular weight excluding hydrogens is 605 g/mol. The number of amides is 2. The van der Waals surface area contributed by atoms with Crippen molar-refractivity contribution in [3.8, 4) is 6.19 Å². The quantitative estimate of drug-likeness (QED) is 0.335. The number of rotatable bonds is 4. The molecule has 0 bridgehead atoms. The van der Waals surface area contributed by atoms with Crippen molar-refractivity contribution in [1.29, 1.82) is 5.26 Å². The monoisotopic (exact) mass is 632 g/mol. The zero-order valence-electron chi connectivity index (χ0n) is 23.7. The second kappa shape index (κ2) is 11.0. The lowest BCUT2D eigenvalue weighted by Crippen LogP contribution is -2.45. The molecule has 226 valence electrons. The first-order chi connectivity index (χ1) is 20.1. The predicted octanol–water partition coefficient (Wildman–Crippen LogP) is 5.86. The Hall–Kier alpha value is -3.89. The number of benzene rings is 2. The van der Waals surface area contributed by atoms with E-state index >= 15 is 0 Å². The largest absolute Gasteiger partial charge is 0.417 e. The van der Waals surface area contributed by atoms with E-state index in [0.29, 0.717) is 34.8 Å². The maximum Gasteiger partial charge on any atom is 0.417 e. The van der Waals surface area contributed by atoms with E-state index < -0.39 is 32.4 Å². The maximum atomic E-state index is 14.0. The van der Waals surface area contributed by atoms with Crippen molar-refractivity contribution in [2.45, 2.75) is 62.9 Å². The fourth-order valence-electron chi connectivity index (χ4n) is 5.65. The third-order valence-corrected chi connectivity index (χ3v) is 9.95. The lowest BCUT2D eigenvalue weighted by molar-refractivity contribution is -0.137.